The smallest absolute Gasteiger partial charge is 0.165 e. The zero-order chi connectivity index (χ0) is 14.3. The van der Waals surface area contributed by atoms with Crippen molar-refractivity contribution in [1.82, 2.24) is 0 Å². The molecular weight excluding hydrogens is 268 g/mol. The molecule has 0 spiro atoms. The van der Waals surface area contributed by atoms with Gasteiger partial charge in [-0.2, -0.15) is 0 Å². The van der Waals surface area contributed by atoms with E-state index in [1.807, 2.05) is 38.1 Å². The molecule has 0 saturated carbocycles. The number of rotatable bonds is 2. The van der Waals surface area contributed by atoms with Crippen LogP contribution < -0.4 is 0 Å². The summed E-state index contributed by atoms with van der Waals surface area (Å²) >= 11 is -1.11. The minimum absolute atomic E-state index is 0.128. The van der Waals surface area contributed by atoms with Crippen molar-refractivity contribution in [2.45, 2.75) is 36.5 Å². The van der Waals surface area contributed by atoms with Crippen LogP contribution in [-0.2, 0) is 24.0 Å². The largest absolute Gasteiger partial charge is 0.606 e. The molecule has 1 aliphatic rings. The molecule has 2 nitrogen and oxygen atoms in total. The van der Waals surface area contributed by atoms with Crippen molar-refractivity contribution in [3.63, 3.8) is 0 Å². The highest BCUT2D eigenvalue weighted by Crippen LogP contribution is 2.39. The topological polar surface area (TPSA) is 43.3 Å². The Hall–Kier alpha value is -1.29. The zero-order valence-electron chi connectivity index (χ0n) is 11.8. The minimum atomic E-state index is -1.11. The van der Waals surface area contributed by atoms with E-state index in [0.29, 0.717) is 6.42 Å². The Morgan fingerprint density at radius 1 is 1.25 bits per heavy atom. The Morgan fingerprint density at radius 2 is 2.00 bits per heavy atom. The van der Waals surface area contributed by atoms with E-state index in [1.165, 1.54) is 0 Å². The number of fused-ring (bicyclic) bond motifs is 2. The molecule has 20 heavy (non-hydrogen) atoms. The summed E-state index contributed by atoms with van der Waals surface area (Å²) < 4.78 is 12.9. The van der Waals surface area contributed by atoms with Gasteiger partial charge in [-0.05, 0) is 37.5 Å². The van der Waals surface area contributed by atoms with Gasteiger partial charge in [-0.25, -0.2) is 0 Å². The first kappa shape index (κ1) is 13.7. The molecule has 1 unspecified atom stereocenters. The maximum Gasteiger partial charge on any atom is 0.165 e. The summed E-state index contributed by atoms with van der Waals surface area (Å²) in [5.41, 5.74) is 5.70. The van der Waals surface area contributed by atoms with E-state index >= 15 is 0 Å². The molecule has 0 amide bonds. The molecule has 0 fully saturated rings. The van der Waals surface area contributed by atoms with Crippen LogP contribution in [0.5, 0.6) is 0 Å². The Balaban J connectivity index is 2.23. The van der Waals surface area contributed by atoms with Crippen LogP contribution in [0.15, 0.2) is 40.1 Å². The fraction of sp³-hybridized carbons (Fsp3) is 0.294. The van der Waals surface area contributed by atoms with Gasteiger partial charge in [0.25, 0.3) is 0 Å². The molecule has 1 atom stereocenters. The Kier molecular flexibility index (Phi) is 3.59. The van der Waals surface area contributed by atoms with Gasteiger partial charge in [-0.3, -0.25) is 0 Å². The van der Waals surface area contributed by atoms with Crippen LogP contribution in [0.25, 0.3) is 0 Å². The lowest BCUT2D eigenvalue weighted by Gasteiger charge is -2.26. The Bertz CT molecular complexity index is 664. The molecule has 3 heteroatoms. The van der Waals surface area contributed by atoms with Gasteiger partial charge in [0.1, 0.15) is 0 Å². The van der Waals surface area contributed by atoms with Crippen molar-refractivity contribution < 1.29 is 9.66 Å². The lowest BCUT2D eigenvalue weighted by atomic mass is 9.93. The second kappa shape index (κ2) is 5.24. The summed E-state index contributed by atoms with van der Waals surface area (Å²) in [5, 5.41) is 9.27. The van der Waals surface area contributed by atoms with E-state index in [-0.39, 0.29) is 6.61 Å². The Labute approximate surface area is 122 Å². The second-order valence-corrected chi connectivity index (χ2v) is 6.70. The van der Waals surface area contributed by atoms with Gasteiger partial charge >= 0.3 is 0 Å². The number of hydrogen-bond donors (Lipinski definition) is 1. The van der Waals surface area contributed by atoms with Crippen LogP contribution >= 0.6 is 0 Å². The monoisotopic (exact) mass is 286 g/mol. The fourth-order valence-electron chi connectivity index (χ4n) is 2.93. The number of aliphatic hydroxyl groups is 1. The molecular formula is C17H18O2S. The minimum Gasteiger partial charge on any atom is -0.606 e. The molecule has 2 aromatic carbocycles. The third-order valence-electron chi connectivity index (χ3n) is 4.09. The first-order valence-corrected chi connectivity index (χ1v) is 8.01. The molecule has 0 radical (unpaired) electrons. The number of hydrogen-bond acceptors (Lipinski definition) is 2. The summed E-state index contributed by atoms with van der Waals surface area (Å²) in [6, 6.07) is 10.1. The number of aryl methyl sites for hydroxylation is 1. The van der Waals surface area contributed by atoms with Crippen molar-refractivity contribution >= 4 is 11.2 Å². The first-order chi connectivity index (χ1) is 9.63. The quantitative estimate of drug-likeness (QED) is 0.863. The predicted octanol–water partition coefficient (Wildman–Crippen LogP) is 2.91. The molecule has 1 aliphatic heterocycles. The van der Waals surface area contributed by atoms with Gasteiger partial charge < -0.3 is 9.66 Å². The molecule has 0 aliphatic carbocycles. The van der Waals surface area contributed by atoms with Gasteiger partial charge in [0.15, 0.2) is 9.79 Å². The molecule has 2 aromatic rings. The molecule has 1 N–H and O–H groups in total. The highest BCUT2D eigenvalue weighted by Gasteiger charge is 2.32. The average molecular weight is 286 g/mol. The van der Waals surface area contributed by atoms with Crippen molar-refractivity contribution in [3.8, 4) is 0 Å². The Morgan fingerprint density at radius 3 is 2.75 bits per heavy atom. The standard InChI is InChI=1S/C17H18O2S/c1-11-9-13(7-8-18)15-10-14-5-3-4-6-16(14)20(19)17(15)12(11)2/h3-6,9,18H,7-8,10H2,1-2H3. The van der Waals surface area contributed by atoms with E-state index in [2.05, 4.69) is 6.07 Å². The molecule has 3 rings (SSSR count). The molecule has 0 bridgehead atoms. The third kappa shape index (κ3) is 2.06. The maximum absolute atomic E-state index is 12.9. The van der Waals surface area contributed by atoms with Gasteiger partial charge in [-0.1, -0.05) is 24.3 Å². The summed E-state index contributed by atoms with van der Waals surface area (Å²) in [6.07, 6.45) is 1.44. The molecule has 104 valence electrons. The van der Waals surface area contributed by atoms with Crippen LogP contribution in [0.2, 0.25) is 0 Å². The van der Waals surface area contributed by atoms with Crippen LogP contribution in [0.3, 0.4) is 0 Å². The molecule has 0 saturated heterocycles. The van der Waals surface area contributed by atoms with E-state index in [9.17, 15) is 9.66 Å². The summed E-state index contributed by atoms with van der Waals surface area (Å²) in [5.74, 6) is 0. The molecule has 0 aromatic heterocycles. The molecule has 1 heterocycles. The third-order valence-corrected chi connectivity index (χ3v) is 5.81. The lowest BCUT2D eigenvalue weighted by Crippen LogP contribution is -2.19. The van der Waals surface area contributed by atoms with Gasteiger partial charge in [0, 0.05) is 40.9 Å². The zero-order valence-corrected chi connectivity index (χ0v) is 12.6. The fourth-order valence-corrected chi connectivity index (χ4v) is 4.59. The number of benzene rings is 2. The van der Waals surface area contributed by atoms with Gasteiger partial charge in [-0.15, -0.1) is 0 Å². The average Bonchev–Trinajstić information content (AvgIpc) is 2.45. The second-order valence-electron chi connectivity index (χ2n) is 5.31. The van der Waals surface area contributed by atoms with E-state index in [4.69, 9.17) is 0 Å². The SMILES string of the molecule is Cc1cc(CCO)c2c(c1C)[S+]([O-])c1ccccc1C2. The first-order valence-electron chi connectivity index (χ1n) is 6.86. The highest BCUT2D eigenvalue weighted by molar-refractivity contribution is 7.91. The predicted molar refractivity (Wildman–Crippen MR) is 80.6 cm³/mol. The lowest BCUT2D eigenvalue weighted by molar-refractivity contribution is 0.299. The van der Waals surface area contributed by atoms with Crippen molar-refractivity contribution in [1.29, 1.82) is 0 Å². The van der Waals surface area contributed by atoms with E-state index in [1.54, 1.807) is 0 Å². The van der Waals surface area contributed by atoms with Gasteiger partial charge in [0.2, 0.25) is 0 Å². The maximum atomic E-state index is 12.9. The van der Waals surface area contributed by atoms with Crippen molar-refractivity contribution in [2.24, 2.45) is 0 Å². The van der Waals surface area contributed by atoms with Crippen molar-refractivity contribution in [3.05, 3.63) is 58.1 Å². The van der Waals surface area contributed by atoms with E-state index < -0.39 is 11.2 Å². The van der Waals surface area contributed by atoms with Crippen LogP contribution in [-0.4, -0.2) is 16.3 Å². The van der Waals surface area contributed by atoms with Gasteiger partial charge in [0.05, 0.1) is 0 Å². The van der Waals surface area contributed by atoms with Crippen LogP contribution in [0.4, 0.5) is 0 Å². The number of aliphatic hydroxyl groups excluding tert-OH is 1. The highest BCUT2D eigenvalue weighted by atomic mass is 32.2. The van der Waals surface area contributed by atoms with Crippen LogP contribution in [0.1, 0.15) is 27.8 Å². The summed E-state index contributed by atoms with van der Waals surface area (Å²) in [6.45, 7) is 4.22. The van der Waals surface area contributed by atoms with Crippen molar-refractivity contribution in [2.75, 3.05) is 6.61 Å². The van der Waals surface area contributed by atoms with Crippen LogP contribution in [0, 0.1) is 13.8 Å². The normalized spacial score (nSPS) is 16.7. The summed E-state index contributed by atoms with van der Waals surface area (Å²) in [4.78, 5) is 1.90. The summed E-state index contributed by atoms with van der Waals surface area (Å²) in [7, 11) is 0. The van der Waals surface area contributed by atoms with E-state index in [0.717, 1.165) is 44.0 Å².